The number of halogens is 1. The number of carboxylic acids is 1. The summed E-state index contributed by atoms with van der Waals surface area (Å²) in [7, 11) is 0. The maximum Gasteiger partial charge on any atom is 0.303 e. The number of carboxylic acid groups (broad SMARTS) is 1. The largest absolute Gasteiger partial charge is 0.481 e. The average molecular weight is 252 g/mol. The first kappa shape index (κ1) is 15.7. The second kappa shape index (κ2) is 8.79. The molecular formula is C11H22ClNO3. The molecule has 5 heteroatoms. The highest BCUT2D eigenvalue weighted by atomic mass is 35.5. The van der Waals surface area contributed by atoms with E-state index in [0.29, 0.717) is 5.92 Å². The van der Waals surface area contributed by atoms with Crippen LogP contribution in [0.3, 0.4) is 0 Å². The van der Waals surface area contributed by atoms with E-state index in [1.807, 2.05) is 5.06 Å². The number of aliphatic carboxylic acids is 1. The van der Waals surface area contributed by atoms with Gasteiger partial charge in [-0.3, -0.25) is 9.63 Å². The van der Waals surface area contributed by atoms with Gasteiger partial charge < -0.3 is 5.11 Å². The Labute approximate surface area is 103 Å². The van der Waals surface area contributed by atoms with Gasteiger partial charge in [0.05, 0.1) is 6.61 Å². The van der Waals surface area contributed by atoms with Gasteiger partial charge >= 0.3 is 5.97 Å². The van der Waals surface area contributed by atoms with Crippen molar-refractivity contribution in [2.45, 2.75) is 39.0 Å². The van der Waals surface area contributed by atoms with E-state index in [0.717, 1.165) is 39.0 Å². The maximum absolute atomic E-state index is 10.3. The number of hydrogen-bond donors (Lipinski definition) is 1. The Morgan fingerprint density at radius 1 is 1.50 bits per heavy atom. The predicted octanol–water partition coefficient (Wildman–Crippen LogP) is 2.33. The van der Waals surface area contributed by atoms with Crippen molar-refractivity contribution in [3.8, 4) is 0 Å². The van der Waals surface area contributed by atoms with E-state index in [1.165, 1.54) is 6.42 Å². The summed E-state index contributed by atoms with van der Waals surface area (Å²) in [5, 5.41) is 10.5. The normalized spacial score (nSPS) is 22.2. The minimum Gasteiger partial charge on any atom is -0.481 e. The lowest BCUT2D eigenvalue weighted by atomic mass is 10.1. The van der Waals surface area contributed by atoms with Gasteiger partial charge in [0.1, 0.15) is 0 Å². The monoisotopic (exact) mass is 251 g/mol. The zero-order chi connectivity index (χ0) is 11.1. The third-order valence-electron chi connectivity index (χ3n) is 2.68. The summed E-state index contributed by atoms with van der Waals surface area (Å²) in [6.07, 6.45) is 4.27. The van der Waals surface area contributed by atoms with Crippen molar-refractivity contribution >= 4 is 18.4 Å². The van der Waals surface area contributed by atoms with Crippen LogP contribution in [0, 0.1) is 5.92 Å². The minimum absolute atomic E-state index is 0. The van der Waals surface area contributed by atoms with Crippen LogP contribution in [0.4, 0.5) is 0 Å². The highest BCUT2D eigenvalue weighted by Gasteiger charge is 2.14. The number of nitrogens with zero attached hydrogens (tertiary/aromatic N) is 1. The second-order valence-corrected chi connectivity index (χ2v) is 4.32. The molecule has 0 aromatic heterocycles. The van der Waals surface area contributed by atoms with Gasteiger partial charge in [0.2, 0.25) is 0 Å². The van der Waals surface area contributed by atoms with Gasteiger partial charge in [0.25, 0.3) is 0 Å². The standard InChI is InChI=1S/C11H21NO3.ClH/c1-10-5-4-8-15-12(9-10)7-3-2-6-11(13)14;/h10H,2-9H2,1H3,(H,13,14);1H. The van der Waals surface area contributed by atoms with E-state index in [-0.39, 0.29) is 18.8 Å². The Kier molecular flexibility index (Phi) is 8.61. The van der Waals surface area contributed by atoms with Crippen LogP contribution in [0.15, 0.2) is 0 Å². The number of hydrogen-bond acceptors (Lipinski definition) is 3. The van der Waals surface area contributed by atoms with Gasteiger partial charge in [-0.15, -0.1) is 12.4 Å². The van der Waals surface area contributed by atoms with E-state index in [1.54, 1.807) is 0 Å². The first-order chi connectivity index (χ1) is 7.18. The molecule has 0 bridgehead atoms. The Hall–Kier alpha value is -0.320. The molecule has 0 spiro atoms. The molecule has 0 saturated carbocycles. The lowest BCUT2D eigenvalue weighted by Crippen LogP contribution is -2.28. The number of carbonyl (C=O) groups is 1. The van der Waals surface area contributed by atoms with Gasteiger partial charge in [0, 0.05) is 19.5 Å². The average Bonchev–Trinajstić information content (AvgIpc) is 2.37. The highest BCUT2D eigenvalue weighted by molar-refractivity contribution is 5.85. The van der Waals surface area contributed by atoms with E-state index in [2.05, 4.69) is 6.92 Å². The van der Waals surface area contributed by atoms with Crippen LogP contribution >= 0.6 is 12.4 Å². The van der Waals surface area contributed by atoms with Crippen molar-refractivity contribution in [3.63, 3.8) is 0 Å². The molecule has 1 aliphatic rings. The van der Waals surface area contributed by atoms with Crippen LogP contribution in [0.2, 0.25) is 0 Å². The highest BCUT2D eigenvalue weighted by Crippen LogP contribution is 2.14. The summed E-state index contributed by atoms with van der Waals surface area (Å²) < 4.78 is 0. The first-order valence-electron chi connectivity index (χ1n) is 5.78. The van der Waals surface area contributed by atoms with Gasteiger partial charge in [-0.05, 0) is 31.6 Å². The third-order valence-corrected chi connectivity index (χ3v) is 2.68. The molecule has 1 unspecified atom stereocenters. The number of hydroxylamine groups is 2. The molecule has 1 saturated heterocycles. The van der Waals surface area contributed by atoms with Crippen molar-refractivity contribution in [3.05, 3.63) is 0 Å². The Morgan fingerprint density at radius 3 is 2.94 bits per heavy atom. The molecule has 0 radical (unpaired) electrons. The topological polar surface area (TPSA) is 49.8 Å². The summed E-state index contributed by atoms with van der Waals surface area (Å²) in [6.45, 7) is 4.88. The maximum atomic E-state index is 10.3. The molecule has 1 fully saturated rings. The molecule has 16 heavy (non-hydrogen) atoms. The predicted molar refractivity (Wildman–Crippen MR) is 64.7 cm³/mol. The fourth-order valence-corrected chi connectivity index (χ4v) is 1.84. The summed E-state index contributed by atoms with van der Waals surface area (Å²) in [5.41, 5.74) is 0. The molecule has 0 aliphatic carbocycles. The second-order valence-electron chi connectivity index (χ2n) is 4.32. The molecule has 4 nitrogen and oxygen atoms in total. The van der Waals surface area contributed by atoms with Crippen molar-refractivity contribution in [2.24, 2.45) is 5.92 Å². The van der Waals surface area contributed by atoms with Crippen LogP contribution in [-0.2, 0) is 9.63 Å². The third kappa shape index (κ3) is 7.04. The minimum atomic E-state index is -0.708. The number of rotatable bonds is 5. The van der Waals surface area contributed by atoms with Crippen molar-refractivity contribution in [1.82, 2.24) is 5.06 Å². The fraction of sp³-hybridized carbons (Fsp3) is 0.909. The van der Waals surface area contributed by atoms with Crippen LogP contribution in [0.1, 0.15) is 39.0 Å². The van der Waals surface area contributed by atoms with E-state index in [9.17, 15) is 4.79 Å². The van der Waals surface area contributed by atoms with Crippen LogP contribution < -0.4 is 0 Å². The van der Waals surface area contributed by atoms with Gasteiger partial charge in [0.15, 0.2) is 0 Å². The van der Waals surface area contributed by atoms with Gasteiger partial charge in [-0.2, -0.15) is 5.06 Å². The summed E-state index contributed by atoms with van der Waals surface area (Å²) in [5.74, 6) is -0.0212. The molecular weight excluding hydrogens is 230 g/mol. The summed E-state index contributed by atoms with van der Waals surface area (Å²) in [6, 6.07) is 0. The molecule has 0 aromatic carbocycles. The van der Waals surface area contributed by atoms with Crippen molar-refractivity contribution < 1.29 is 14.7 Å². The van der Waals surface area contributed by atoms with Gasteiger partial charge in [-0.1, -0.05) is 6.92 Å². The SMILES string of the molecule is CC1CCCON(CCCCC(=O)O)C1.Cl. The molecule has 0 amide bonds. The number of unbranched alkanes of at least 4 members (excludes halogenated alkanes) is 1. The summed E-state index contributed by atoms with van der Waals surface area (Å²) >= 11 is 0. The summed E-state index contributed by atoms with van der Waals surface area (Å²) in [4.78, 5) is 15.9. The van der Waals surface area contributed by atoms with E-state index >= 15 is 0 Å². The Bertz CT molecular complexity index is 202. The van der Waals surface area contributed by atoms with Crippen LogP contribution in [0.5, 0.6) is 0 Å². The quantitative estimate of drug-likeness (QED) is 0.762. The van der Waals surface area contributed by atoms with Crippen molar-refractivity contribution in [2.75, 3.05) is 19.7 Å². The molecule has 1 aliphatic heterocycles. The fourth-order valence-electron chi connectivity index (χ4n) is 1.84. The molecule has 1 heterocycles. The zero-order valence-electron chi connectivity index (χ0n) is 9.85. The smallest absolute Gasteiger partial charge is 0.303 e. The first-order valence-corrected chi connectivity index (χ1v) is 5.78. The molecule has 96 valence electrons. The molecule has 1 N–H and O–H groups in total. The van der Waals surface area contributed by atoms with E-state index in [4.69, 9.17) is 9.94 Å². The lowest BCUT2D eigenvalue weighted by molar-refractivity contribution is -0.156. The van der Waals surface area contributed by atoms with Gasteiger partial charge in [-0.25, -0.2) is 0 Å². The van der Waals surface area contributed by atoms with Crippen LogP contribution in [0.25, 0.3) is 0 Å². The Morgan fingerprint density at radius 2 is 2.25 bits per heavy atom. The van der Waals surface area contributed by atoms with E-state index < -0.39 is 5.97 Å². The lowest BCUT2D eigenvalue weighted by Gasteiger charge is -2.20. The van der Waals surface area contributed by atoms with Crippen molar-refractivity contribution in [1.29, 1.82) is 0 Å². The molecule has 1 atom stereocenters. The molecule has 0 aromatic rings. The zero-order valence-corrected chi connectivity index (χ0v) is 10.7. The molecule has 1 rings (SSSR count). The Balaban J connectivity index is 0.00000225. The van der Waals surface area contributed by atoms with Crippen LogP contribution in [-0.4, -0.2) is 35.8 Å².